The summed E-state index contributed by atoms with van der Waals surface area (Å²) in [6, 6.07) is 9.45. The predicted octanol–water partition coefficient (Wildman–Crippen LogP) is 7.10. The van der Waals surface area contributed by atoms with Crippen LogP contribution in [0.4, 0.5) is 5.69 Å². The number of phenols is 1. The van der Waals surface area contributed by atoms with E-state index >= 15 is 0 Å². The smallest absolute Gasteiger partial charge is 0.203 e. The number of nitrogens with one attached hydrogen (secondary N) is 1. The van der Waals surface area contributed by atoms with Gasteiger partial charge in [-0.05, 0) is 75.6 Å². The van der Waals surface area contributed by atoms with Gasteiger partial charge < -0.3 is 30.5 Å². The summed E-state index contributed by atoms with van der Waals surface area (Å²) >= 11 is 0. The zero-order chi connectivity index (χ0) is 35.9. The van der Waals surface area contributed by atoms with Crippen molar-refractivity contribution in [1.82, 2.24) is 0 Å². The van der Waals surface area contributed by atoms with Crippen LogP contribution in [0.25, 0.3) is 5.76 Å². The SMILES string of the molecule is CC(=O)C1=C(O)[C@]2(O)C(=O)C3=C(O)c4c(O)c(NCc5ccccc5OC(C)(C)C)cc(C(C)C)c4C[C@]3(C)C[C@]2(C)C(C(C)C)C1=O. The molecule has 2 aromatic carbocycles. The summed E-state index contributed by atoms with van der Waals surface area (Å²) in [5.74, 6) is -4.75. The van der Waals surface area contributed by atoms with Crippen LogP contribution in [-0.4, -0.2) is 49.0 Å². The average Bonchev–Trinajstić information content (AvgIpc) is 2.94. The zero-order valence-corrected chi connectivity index (χ0v) is 29.7. The first-order valence-electron chi connectivity index (χ1n) is 16.7. The number of ketones is 3. The van der Waals surface area contributed by atoms with Gasteiger partial charge in [-0.3, -0.25) is 14.4 Å². The van der Waals surface area contributed by atoms with E-state index in [9.17, 15) is 34.8 Å². The molecule has 48 heavy (non-hydrogen) atoms. The molecule has 1 saturated carbocycles. The number of aliphatic hydroxyl groups is 3. The molecule has 2 aromatic rings. The fourth-order valence-corrected chi connectivity index (χ4v) is 8.73. The number of aliphatic hydroxyl groups excluding tert-OH is 2. The zero-order valence-electron chi connectivity index (χ0n) is 29.7. The lowest BCUT2D eigenvalue weighted by Crippen LogP contribution is -2.69. The van der Waals surface area contributed by atoms with Crippen molar-refractivity contribution in [3.63, 3.8) is 0 Å². The fraction of sp³-hybridized carbons (Fsp3) is 0.513. The number of hydrogen-bond acceptors (Lipinski definition) is 9. The van der Waals surface area contributed by atoms with Gasteiger partial charge in [-0.15, -0.1) is 0 Å². The standard InChI is InChI=1S/C39H49NO8/c1-19(2)23-15-25(40-17-22-13-11-12-14-26(22)48-36(6,7)8)31(42)28-24(23)16-37(9)18-38(10)29(20(3)4)32(43)27(21(5)41)34(45)39(38,47)35(46)30(37)33(28)44/h11-15,19-20,29,40,42,44-45,47H,16-18H2,1-10H3/t29?,37-,38-,39+/m1/s1. The van der Waals surface area contributed by atoms with Crippen LogP contribution in [-0.2, 0) is 27.3 Å². The lowest BCUT2D eigenvalue weighted by Gasteiger charge is -2.59. The molecule has 0 saturated heterocycles. The Morgan fingerprint density at radius 3 is 2.25 bits per heavy atom. The van der Waals surface area contributed by atoms with Gasteiger partial charge in [0.1, 0.15) is 34.2 Å². The van der Waals surface area contributed by atoms with Crippen LogP contribution >= 0.6 is 0 Å². The Balaban J connectivity index is 1.69. The highest BCUT2D eigenvalue weighted by Gasteiger charge is 2.72. The van der Waals surface area contributed by atoms with Gasteiger partial charge in [0, 0.05) is 34.4 Å². The van der Waals surface area contributed by atoms with Gasteiger partial charge in [0.05, 0.1) is 11.3 Å². The minimum absolute atomic E-state index is 0.0362. The number of fused-ring (bicyclic) bond motifs is 3. The lowest BCUT2D eigenvalue weighted by molar-refractivity contribution is -0.178. The molecule has 3 aliphatic carbocycles. The van der Waals surface area contributed by atoms with Gasteiger partial charge in [-0.1, -0.05) is 59.7 Å². The predicted molar refractivity (Wildman–Crippen MR) is 184 cm³/mol. The topological polar surface area (TPSA) is 153 Å². The van der Waals surface area contributed by atoms with Crippen molar-refractivity contribution in [2.75, 3.05) is 5.32 Å². The van der Waals surface area contributed by atoms with Crippen molar-refractivity contribution in [3.8, 4) is 11.5 Å². The first-order valence-corrected chi connectivity index (χ1v) is 16.7. The minimum Gasteiger partial charge on any atom is -0.508 e. The largest absolute Gasteiger partial charge is 0.508 e. The van der Waals surface area contributed by atoms with Crippen molar-refractivity contribution in [2.45, 2.75) is 106 Å². The number of hydrogen-bond donors (Lipinski definition) is 5. The number of ether oxygens (including phenoxy) is 1. The van der Waals surface area contributed by atoms with E-state index in [1.165, 1.54) is 0 Å². The highest BCUT2D eigenvalue weighted by molar-refractivity contribution is 6.24. The first-order chi connectivity index (χ1) is 22.1. The third-order valence-corrected chi connectivity index (χ3v) is 10.5. The number of carbonyl (C=O) groups excluding carboxylic acids is 3. The van der Waals surface area contributed by atoms with Crippen molar-refractivity contribution in [3.05, 3.63) is 69.5 Å². The molecule has 0 spiro atoms. The molecule has 0 aromatic heterocycles. The maximum absolute atomic E-state index is 14.7. The highest BCUT2D eigenvalue weighted by atomic mass is 16.5. The lowest BCUT2D eigenvalue weighted by atomic mass is 9.43. The van der Waals surface area contributed by atoms with Gasteiger partial charge in [-0.2, -0.15) is 0 Å². The number of para-hydroxylation sites is 1. The van der Waals surface area contributed by atoms with E-state index in [-0.39, 0.29) is 41.6 Å². The number of benzene rings is 2. The summed E-state index contributed by atoms with van der Waals surface area (Å²) in [4.78, 5) is 41.1. The highest BCUT2D eigenvalue weighted by Crippen LogP contribution is 2.65. The van der Waals surface area contributed by atoms with E-state index in [1.807, 2.05) is 71.9 Å². The van der Waals surface area contributed by atoms with Crippen molar-refractivity contribution in [2.24, 2.45) is 22.7 Å². The third-order valence-electron chi connectivity index (χ3n) is 10.5. The molecule has 3 aliphatic rings. The second kappa shape index (κ2) is 11.5. The Labute approximate surface area is 282 Å². The molecule has 258 valence electrons. The van der Waals surface area contributed by atoms with Gasteiger partial charge in [0.15, 0.2) is 17.2 Å². The molecule has 1 unspecified atom stereocenters. The second-order valence-corrected chi connectivity index (χ2v) is 16.0. The number of aromatic hydroxyl groups is 1. The molecule has 1 fully saturated rings. The van der Waals surface area contributed by atoms with Crippen molar-refractivity contribution < 1.29 is 39.5 Å². The molecule has 5 rings (SSSR count). The molecular weight excluding hydrogens is 610 g/mol. The van der Waals surface area contributed by atoms with Gasteiger partial charge in [0.2, 0.25) is 5.78 Å². The molecule has 5 N–H and O–H groups in total. The Kier molecular flexibility index (Phi) is 8.44. The number of carbonyl (C=O) groups is 3. The molecule has 0 radical (unpaired) electrons. The van der Waals surface area contributed by atoms with E-state index in [0.717, 1.165) is 18.1 Å². The number of phenolic OH excluding ortho intramolecular Hbond substituents is 1. The molecule has 9 nitrogen and oxygen atoms in total. The van der Waals surface area contributed by atoms with Gasteiger partial charge in [-0.25, -0.2) is 0 Å². The normalized spacial score (nSPS) is 27.2. The number of Topliss-reactive ketones (excluding diaryl/α,β-unsaturated/α-hetero) is 3. The van der Waals surface area contributed by atoms with E-state index in [2.05, 4.69) is 5.32 Å². The molecule has 0 heterocycles. The second-order valence-electron chi connectivity index (χ2n) is 16.0. The average molecular weight is 660 g/mol. The summed E-state index contributed by atoms with van der Waals surface area (Å²) < 4.78 is 6.15. The number of rotatable bonds is 7. The van der Waals surface area contributed by atoms with E-state index in [1.54, 1.807) is 20.8 Å². The monoisotopic (exact) mass is 659 g/mol. The fourth-order valence-electron chi connectivity index (χ4n) is 8.73. The van der Waals surface area contributed by atoms with Crippen molar-refractivity contribution in [1.29, 1.82) is 0 Å². The van der Waals surface area contributed by atoms with Crippen LogP contribution in [0.15, 0.2) is 47.2 Å². The maximum Gasteiger partial charge on any atom is 0.203 e. The van der Waals surface area contributed by atoms with Crippen LogP contribution in [0.5, 0.6) is 11.5 Å². The summed E-state index contributed by atoms with van der Waals surface area (Å²) in [5, 5.41) is 50.9. The maximum atomic E-state index is 14.7. The molecule has 0 aliphatic heterocycles. The number of allylic oxidation sites excluding steroid dienone is 1. The minimum atomic E-state index is -2.65. The summed E-state index contributed by atoms with van der Waals surface area (Å²) in [6.45, 7) is 18.3. The Morgan fingerprint density at radius 1 is 1.06 bits per heavy atom. The van der Waals surface area contributed by atoms with Crippen LogP contribution < -0.4 is 10.1 Å². The van der Waals surface area contributed by atoms with Crippen LogP contribution in [0, 0.1) is 22.7 Å². The Bertz CT molecular complexity index is 1790. The van der Waals surface area contributed by atoms with Gasteiger partial charge >= 0.3 is 0 Å². The molecular formula is C39H49NO8. The summed E-state index contributed by atoms with van der Waals surface area (Å²) in [5.41, 5.74) is -3.59. The first kappa shape index (κ1) is 35.2. The van der Waals surface area contributed by atoms with Crippen LogP contribution in [0.3, 0.4) is 0 Å². The molecule has 4 atom stereocenters. The van der Waals surface area contributed by atoms with Gasteiger partial charge in [0.25, 0.3) is 0 Å². The molecule has 0 amide bonds. The van der Waals surface area contributed by atoms with E-state index in [4.69, 9.17) is 4.74 Å². The molecule has 0 bridgehead atoms. The summed E-state index contributed by atoms with van der Waals surface area (Å²) in [7, 11) is 0. The molecule has 9 heteroatoms. The Morgan fingerprint density at radius 2 is 1.69 bits per heavy atom. The van der Waals surface area contributed by atoms with Crippen LogP contribution in [0.2, 0.25) is 0 Å². The number of anilines is 1. The third kappa shape index (κ3) is 5.13. The van der Waals surface area contributed by atoms with Crippen molar-refractivity contribution >= 4 is 28.8 Å². The van der Waals surface area contributed by atoms with E-state index in [0.29, 0.717) is 23.5 Å². The Hall–Kier alpha value is -4.11. The summed E-state index contributed by atoms with van der Waals surface area (Å²) in [6.07, 6.45) is 0.277. The quantitative estimate of drug-likeness (QED) is 0.155. The van der Waals surface area contributed by atoms with Crippen LogP contribution in [0.1, 0.15) is 104 Å². The van der Waals surface area contributed by atoms with E-state index < -0.39 is 62.4 Å².